The highest BCUT2D eigenvalue weighted by Gasteiger charge is 2.41. The number of benzene rings is 3. The highest BCUT2D eigenvalue weighted by atomic mass is 35.5. The van der Waals surface area contributed by atoms with Gasteiger partial charge in [-0.15, -0.1) is 0 Å². The molecule has 0 N–H and O–H groups in total. The minimum atomic E-state index is -1.23. The van der Waals surface area contributed by atoms with Crippen LogP contribution >= 0.6 is 139 Å². The van der Waals surface area contributed by atoms with Crippen molar-refractivity contribution in [3.8, 4) is 17.2 Å². The molecule has 0 saturated heterocycles. The standard InChI is InChI=1S/C21H9BCl12O3/c1-35-19-10(26)4(7(23)13(29)16(19)32)22(5-8(24)14(30)17(33)20(36-2)11(5)27)6-9(25)15(31)18(34)21(37-3)12(6)28/h1-3H3. The Balaban J connectivity index is 2.71. The zero-order chi connectivity index (χ0) is 28.1. The lowest BCUT2D eigenvalue weighted by Gasteiger charge is -2.27. The van der Waals surface area contributed by atoms with E-state index in [1.807, 2.05) is 0 Å². The van der Waals surface area contributed by atoms with Crippen molar-refractivity contribution in [3.05, 3.63) is 60.3 Å². The molecule has 0 aliphatic carbocycles. The summed E-state index contributed by atoms with van der Waals surface area (Å²) in [5, 5.41) is -0.929. The molecule has 0 saturated carbocycles. The molecule has 0 unspecified atom stereocenters. The van der Waals surface area contributed by atoms with Crippen molar-refractivity contribution in [2.75, 3.05) is 21.3 Å². The second kappa shape index (κ2) is 12.6. The quantitative estimate of drug-likeness (QED) is 0.143. The zero-order valence-corrected chi connectivity index (χ0v) is 27.4. The normalized spacial score (nSPS) is 11.1. The van der Waals surface area contributed by atoms with Gasteiger partial charge in [-0.2, -0.15) is 0 Å². The highest BCUT2D eigenvalue weighted by molar-refractivity contribution is 7.02. The van der Waals surface area contributed by atoms with Gasteiger partial charge in [0.2, 0.25) is 0 Å². The largest absolute Gasteiger partial charge is 0.494 e. The summed E-state index contributed by atoms with van der Waals surface area (Å²) in [4.78, 5) is 0. The lowest BCUT2D eigenvalue weighted by molar-refractivity contribution is 0.415. The summed E-state index contributed by atoms with van der Waals surface area (Å²) in [7, 11) is 4.00. The fourth-order valence-electron chi connectivity index (χ4n) is 3.62. The minimum Gasteiger partial charge on any atom is -0.494 e. The number of hydrogen-bond donors (Lipinski definition) is 0. The van der Waals surface area contributed by atoms with Crippen LogP contribution in [0.1, 0.15) is 0 Å². The third-order valence-electron chi connectivity index (χ3n) is 5.25. The molecule has 0 aliphatic heterocycles. The van der Waals surface area contributed by atoms with E-state index < -0.39 is 6.71 Å². The molecule has 0 atom stereocenters. The molecule has 0 radical (unpaired) electrons. The minimum absolute atomic E-state index is 0.00345. The Morgan fingerprint density at radius 2 is 0.541 bits per heavy atom. The average molecular weight is 746 g/mol. The molecule has 198 valence electrons. The van der Waals surface area contributed by atoms with Crippen molar-refractivity contribution in [2.45, 2.75) is 0 Å². The van der Waals surface area contributed by atoms with Gasteiger partial charge in [0.15, 0.2) is 17.2 Å². The first kappa shape index (κ1) is 32.1. The first-order valence-corrected chi connectivity index (χ1v) is 14.0. The molecule has 0 heterocycles. The molecule has 3 nitrogen and oxygen atoms in total. The van der Waals surface area contributed by atoms with E-state index >= 15 is 0 Å². The molecule has 3 aromatic carbocycles. The van der Waals surface area contributed by atoms with Crippen molar-refractivity contribution < 1.29 is 14.2 Å². The van der Waals surface area contributed by atoms with E-state index in [1.165, 1.54) is 21.3 Å². The molecule has 16 heteroatoms. The monoisotopic (exact) mass is 740 g/mol. The van der Waals surface area contributed by atoms with Gasteiger partial charge in [-0.05, 0) is 16.4 Å². The van der Waals surface area contributed by atoms with E-state index in [0.29, 0.717) is 0 Å². The van der Waals surface area contributed by atoms with Gasteiger partial charge in [0.25, 0.3) is 6.71 Å². The van der Waals surface area contributed by atoms with Crippen LogP contribution in [0, 0.1) is 0 Å². The first-order valence-electron chi connectivity index (χ1n) is 9.47. The molecule has 3 rings (SSSR count). The molecule has 0 spiro atoms. The molecule has 0 fully saturated rings. The van der Waals surface area contributed by atoms with Crippen LogP contribution in [0.2, 0.25) is 60.3 Å². The summed E-state index contributed by atoms with van der Waals surface area (Å²) in [6.07, 6.45) is 0. The maximum Gasteiger partial charge on any atom is 0.253 e. The van der Waals surface area contributed by atoms with Gasteiger partial charge in [0.05, 0.1) is 66.5 Å². The van der Waals surface area contributed by atoms with Crippen molar-refractivity contribution in [1.82, 2.24) is 0 Å². The van der Waals surface area contributed by atoms with Crippen LogP contribution in [0.5, 0.6) is 17.2 Å². The van der Waals surface area contributed by atoms with Crippen molar-refractivity contribution >= 4 is 162 Å². The van der Waals surface area contributed by atoms with Crippen LogP contribution in [-0.2, 0) is 0 Å². The maximum absolute atomic E-state index is 6.78. The Bertz CT molecular complexity index is 1260. The second-order valence-electron chi connectivity index (χ2n) is 7.04. The van der Waals surface area contributed by atoms with Crippen LogP contribution < -0.4 is 30.6 Å². The smallest absolute Gasteiger partial charge is 0.253 e. The molecule has 0 amide bonds. The third-order valence-corrected chi connectivity index (χ3v) is 10.3. The van der Waals surface area contributed by atoms with Crippen LogP contribution in [-0.4, -0.2) is 28.0 Å². The van der Waals surface area contributed by atoms with Crippen LogP contribution in [0.15, 0.2) is 0 Å². The number of halogens is 12. The Morgan fingerprint density at radius 3 is 0.730 bits per heavy atom. The van der Waals surface area contributed by atoms with Crippen molar-refractivity contribution in [1.29, 1.82) is 0 Å². The predicted molar refractivity (Wildman–Crippen MR) is 164 cm³/mol. The highest BCUT2D eigenvalue weighted by Crippen LogP contribution is 2.46. The van der Waals surface area contributed by atoms with Gasteiger partial charge >= 0.3 is 0 Å². The van der Waals surface area contributed by atoms with E-state index in [0.717, 1.165) is 0 Å². The average Bonchev–Trinajstić information content (AvgIpc) is 2.86. The Morgan fingerprint density at radius 1 is 0.324 bits per heavy atom. The number of ether oxygens (including phenoxy) is 3. The Kier molecular flexibility index (Phi) is 11.0. The van der Waals surface area contributed by atoms with Crippen molar-refractivity contribution in [3.63, 3.8) is 0 Å². The van der Waals surface area contributed by atoms with E-state index in [4.69, 9.17) is 153 Å². The molecular formula is C21H9BCl12O3. The molecule has 0 bridgehead atoms. The van der Waals surface area contributed by atoms with E-state index in [-0.39, 0.29) is 93.9 Å². The molecular weight excluding hydrogens is 736 g/mol. The van der Waals surface area contributed by atoms with Crippen LogP contribution in [0.3, 0.4) is 0 Å². The maximum atomic E-state index is 6.78. The molecule has 0 aromatic heterocycles. The zero-order valence-electron chi connectivity index (χ0n) is 18.3. The van der Waals surface area contributed by atoms with E-state index in [9.17, 15) is 0 Å². The SMILES string of the molecule is COc1c(Cl)c(Cl)c(Cl)c(B(c2c(Cl)c(Cl)c(Cl)c(OC)c2Cl)c2c(Cl)c(Cl)c(Cl)c(OC)c2Cl)c1Cl. The van der Waals surface area contributed by atoms with Gasteiger partial charge in [0.1, 0.15) is 15.1 Å². The fourth-order valence-corrected chi connectivity index (χ4v) is 7.44. The van der Waals surface area contributed by atoms with Crippen LogP contribution in [0.25, 0.3) is 0 Å². The van der Waals surface area contributed by atoms with Gasteiger partial charge in [-0.3, -0.25) is 0 Å². The summed E-state index contributed by atoms with van der Waals surface area (Å²) in [6, 6.07) is 0. The lowest BCUT2D eigenvalue weighted by Crippen LogP contribution is -2.55. The molecule has 0 aliphatic rings. The summed E-state index contributed by atoms with van der Waals surface area (Å²) >= 11 is 78.9. The Labute approximate surface area is 272 Å². The summed E-state index contributed by atoms with van der Waals surface area (Å²) in [5.41, 5.74) is 0.259. The van der Waals surface area contributed by atoms with Gasteiger partial charge in [0, 0.05) is 0 Å². The number of methoxy groups -OCH3 is 3. The van der Waals surface area contributed by atoms with Crippen molar-refractivity contribution in [2.24, 2.45) is 0 Å². The molecule has 37 heavy (non-hydrogen) atoms. The van der Waals surface area contributed by atoms with Gasteiger partial charge < -0.3 is 14.2 Å². The van der Waals surface area contributed by atoms with Gasteiger partial charge in [-0.25, -0.2) is 0 Å². The van der Waals surface area contributed by atoms with Crippen LogP contribution in [0.4, 0.5) is 0 Å². The molecule has 3 aromatic rings. The lowest BCUT2D eigenvalue weighted by atomic mass is 9.36. The first-order chi connectivity index (χ1) is 17.3. The summed E-state index contributed by atoms with van der Waals surface area (Å²) < 4.78 is 16.2. The third kappa shape index (κ3) is 5.34. The summed E-state index contributed by atoms with van der Waals surface area (Å²) in [6.45, 7) is -1.23. The summed E-state index contributed by atoms with van der Waals surface area (Å²) in [5.74, 6) is -0.0103. The van der Waals surface area contributed by atoms with E-state index in [2.05, 4.69) is 0 Å². The number of rotatable bonds is 6. The van der Waals surface area contributed by atoms with E-state index in [1.54, 1.807) is 0 Å². The predicted octanol–water partition coefficient (Wildman–Crippen LogP) is 10.1. The second-order valence-corrected chi connectivity index (χ2v) is 11.6. The number of hydrogen-bond acceptors (Lipinski definition) is 3. The topological polar surface area (TPSA) is 27.7 Å². The Hall–Kier alpha value is 0.605. The fraction of sp³-hybridized carbons (Fsp3) is 0.143. The van der Waals surface area contributed by atoms with Gasteiger partial charge in [-0.1, -0.05) is 139 Å².